The van der Waals surface area contributed by atoms with Crippen molar-refractivity contribution in [3.05, 3.63) is 231 Å². The second kappa shape index (κ2) is 13.7. The van der Waals surface area contributed by atoms with Crippen molar-refractivity contribution in [3.63, 3.8) is 0 Å². The maximum atomic E-state index is 2.45. The van der Waals surface area contributed by atoms with Crippen LogP contribution in [-0.2, 0) is 0 Å². The van der Waals surface area contributed by atoms with Crippen molar-refractivity contribution in [3.8, 4) is 44.8 Å². The molecular formula is C60H38N2. The molecule has 0 atom stereocenters. The third-order valence-electron chi connectivity index (χ3n) is 13.1. The van der Waals surface area contributed by atoms with Crippen LogP contribution in [0.1, 0.15) is 0 Å². The van der Waals surface area contributed by atoms with E-state index in [0.717, 1.165) is 11.4 Å². The van der Waals surface area contributed by atoms with Gasteiger partial charge in [0.1, 0.15) is 0 Å². The standard InChI is InChI=1S/C60H38N2/c1-2-14-39(15-3-1)41-26-29-42(30-27-41)59-51-34-32-46(62-57-24-12-8-20-49(57)50-21-9-13-25-58(50)62)38-54(51)60(44-31-28-40-16-4-5-17-43(40)36-44)52-35-33-45(37-53(52)59)61-55-22-10-6-18-47(55)48-19-7-11-23-56(48)61/h1-38H. The fraction of sp³-hybridized carbons (Fsp3) is 0. The number of aromatic nitrogens is 2. The number of hydrogen-bond donors (Lipinski definition) is 0. The Morgan fingerprint density at radius 2 is 0.597 bits per heavy atom. The molecule has 0 amide bonds. The van der Waals surface area contributed by atoms with Crippen LogP contribution in [0, 0.1) is 0 Å². The van der Waals surface area contributed by atoms with Crippen LogP contribution in [0.25, 0.3) is 121 Å². The van der Waals surface area contributed by atoms with E-state index in [2.05, 4.69) is 240 Å². The molecule has 2 heteroatoms. The van der Waals surface area contributed by atoms with Crippen molar-refractivity contribution < 1.29 is 0 Å². The van der Waals surface area contributed by atoms with Gasteiger partial charge in [0, 0.05) is 32.9 Å². The first-order chi connectivity index (χ1) is 30.8. The van der Waals surface area contributed by atoms with E-state index in [0.29, 0.717) is 0 Å². The van der Waals surface area contributed by atoms with Crippen LogP contribution in [0.4, 0.5) is 0 Å². The highest BCUT2D eigenvalue weighted by atomic mass is 15.0. The molecule has 0 saturated heterocycles. The summed E-state index contributed by atoms with van der Waals surface area (Å²) >= 11 is 0. The highest BCUT2D eigenvalue weighted by Crippen LogP contribution is 2.47. The zero-order chi connectivity index (χ0) is 40.7. The summed E-state index contributed by atoms with van der Waals surface area (Å²) in [6.07, 6.45) is 0. The van der Waals surface area contributed by atoms with E-state index in [4.69, 9.17) is 0 Å². The molecule has 0 spiro atoms. The van der Waals surface area contributed by atoms with E-state index in [9.17, 15) is 0 Å². The smallest absolute Gasteiger partial charge is 0.0541 e. The van der Waals surface area contributed by atoms with E-state index in [1.165, 1.54) is 109 Å². The molecule has 288 valence electrons. The predicted molar refractivity (Wildman–Crippen MR) is 264 cm³/mol. The van der Waals surface area contributed by atoms with Gasteiger partial charge in [0.25, 0.3) is 0 Å². The summed E-state index contributed by atoms with van der Waals surface area (Å²) in [6.45, 7) is 0. The van der Waals surface area contributed by atoms with Crippen molar-refractivity contribution in [2.75, 3.05) is 0 Å². The highest BCUT2D eigenvalue weighted by molar-refractivity contribution is 6.23. The molecule has 2 nitrogen and oxygen atoms in total. The van der Waals surface area contributed by atoms with Crippen LogP contribution in [0.5, 0.6) is 0 Å². The fourth-order valence-electron chi connectivity index (χ4n) is 10.3. The van der Waals surface area contributed by atoms with Gasteiger partial charge in [-0.25, -0.2) is 0 Å². The van der Waals surface area contributed by atoms with Crippen molar-refractivity contribution in [2.24, 2.45) is 0 Å². The number of fused-ring (bicyclic) bond motifs is 9. The summed E-state index contributed by atoms with van der Waals surface area (Å²) < 4.78 is 4.88. The zero-order valence-corrected chi connectivity index (χ0v) is 33.8. The predicted octanol–water partition coefficient (Wildman–Crippen LogP) is 16.3. The van der Waals surface area contributed by atoms with Crippen LogP contribution in [0.2, 0.25) is 0 Å². The Morgan fingerprint density at radius 1 is 0.210 bits per heavy atom. The highest BCUT2D eigenvalue weighted by Gasteiger charge is 2.21. The zero-order valence-electron chi connectivity index (χ0n) is 33.8. The van der Waals surface area contributed by atoms with Crippen molar-refractivity contribution >= 4 is 75.9 Å². The average Bonchev–Trinajstić information content (AvgIpc) is 3.86. The number of rotatable bonds is 5. The van der Waals surface area contributed by atoms with Gasteiger partial charge in [0.05, 0.1) is 22.1 Å². The quantitative estimate of drug-likeness (QED) is 0.154. The minimum absolute atomic E-state index is 1.14. The summed E-state index contributed by atoms with van der Waals surface area (Å²) in [6, 6.07) is 85.0. The first-order valence-corrected chi connectivity index (χ1v) is 21.4. The summed E-state index contributed by atoms with van der Waals surface area (Å²) in [7, 11) is 0. The van der Waals surface area contributed by atoms with Gasteiger partial charge < -0.3 is 9.13 Å². The van der Waals surface area contributed by atoms with Gasteiger partial charge in [-0.05, 0) is 120 Å². The van der Waals surface area contributed by atoms with Crippen molar-refractivity contribution in [1.29, 1.82) is 0 Å². The molecule has 0 fully saturated rings. The van der Waals surface area contributed by atoms with E-state index < -0.39 is 0 Å². The molecule has 62 heavy (non-hydrogen) atoms. The van der Waals surface area contributed by atoms with Crippen LogP contribution in [0.15, 0.2) is 231 Å². The van der Waals surface area contributed by atoms with Gasteiger partial charge >= 0.3 is 0 Å². The molecule has 13 rings (SSSR count). The first kappa shape index (κ1) is 34.6. The Labute approximate surface area is 358 Å². The molecule has 0 bridgehead atoms. The lowest BCUT2D eigenvalue weighted by molar-refractivity contribution is 1.18. The minimum Gasteiger partial charge on any atom is -0.309 e. The van der Waals surface area contributed by atoms with Gasteiger partial charge in [0.15, 0.2) is 0 Å². The van der Waals surface area contributed by atoms with Crippen LogP contribution < -0.4 is 0 Å². The molecule has 0 aliphatic carbocycles. The van der Waals surface area contributed by atoms with Crippen LogP contribution >= 0.6 is 0 Å². The summed E-state index contributed by atoms with van der Waals surface area (Å²) in [4.78, 5) is 0. The van der Waals surface area contributed by atoms with Gasteiger partial charge in [-0.3, -0.25) is 0 Å². The van der Waals surface area contributed by atoms with Crippen LogP contribution in [0.3, 0.4) is 0 Å². The number of hydrogen-bond acceptors (Lipinski definition) is 0. The Hall–Kier alpha value is -8.20. The minimum atomic E-state index is 1.14. The summed E-state index contributed by atoms with van der Waals surface area (Å²) in [5.41, 5.74) is 14.4. The Morgan fingerprint density at radius 3 is 1.11 bits per heavy atom. The number of nitrogens with zero attached hydrogens (tertiary/aromatic N) is 2. The summed E-state index contributed by atoms with van der Waals surface area (Å²) in [5, 5.41) is 12.4. The molecule has 11 aromatic carbocycles. The molecule has 0 aliphatic heterocycles. The van der Waals surface area contributed by atoms with Gasteiger partial charge in [-0.15, -0.1) is 0 Å². The second-order valence-electron chi connectivity index (χ2n) is 16.5. The average molecular weight is 787 g/mol. The van der Waals surface area contributed by atoms with Gasteiger partial charge in [0.2, 0.25) is 0 Å². The van der Waals surface area contributed by atoms with Gasteiger partial charge in [-0.1, -0.05) is 176 Å². The van der Waals surface area contributed by atoms with Gasteiger partial charge in [-0.2, -0.15) is 0 Å². The lowest BCUT2D eigenvalue weighted by atomic mass is 9.85. The second-order valence-corrected chi connectivity index (χ2v) is 16.5. The molecule has 0 unspecified atom stereocenters. The summed E-state index contributed by atoms with van der Waals surface area (Å²) in [5.74, 6) is 0. The largest absolute Gasteiger partial charge is 0.309 e. The topological polar surface area (TPSA) is 9.86 Å². The van der Waals surface area contributed by atoms with E-state index in [1.54, 1.807) is 0 Å². The Bertz CT molecular complexity index is 3800. The lowest BCUT2D eigenvalue weighted by Gasteiger charge is -2.21. The SMILES string of the molecule is c1ccc(-c2ccc(-c3c4ccc(-n5c6ccccc6c6ccccc65)cc4c(-c4ccc5ccccc5c4)c4ccc(-n5c6ccccc6c6ccccc65)cc34)cc2)cc1. The van der Waals surface area contributed by atoms with E-state index in [1.807, 2.05) is 0 Å². The maximum Gasteiger partial charge on any atom is 0.0541 e. The molecular weight excluding hydrogens is 749 g/mol. The normalized spacial score (nSPS) is 11.9. The van der Waals surface area contributed by atoms with E-state index >= 15 is 0 Å². The molecule has 2 aromatic heterocycles. The van der Waals surface area contributed by atoms with Crippen molar-refractivity contribution in [1.82, 2.24) is 9.13 Å². The first-order valence-electron chi connectivity index (χ1n) is 21.4. The monoisotopic (exact) mass is 786 g/mol. The molecule has 2 heterocycles. The van der Waals surface area contributed by atoms with E-state index in [-0.39, 0.29) is 0 Å². The van der Waals surface area contributed by atoms with Crippen LogP contribution in [-0.4, -0.2) is 9.13 Å². The Kier molecular flexibility index (Phi) is 7.64. The molecule has 13 aromatic rings. The number of benzene rings is 11. The molecule has 0 aliphatic rings. The Balaban J connectivity index is 1.16. The fourth-order valence-corrected chi connectivity index (χ4v) is 10.3. The molecule has 0 radical (unpaired) electrons. The maximum absolute atomic E-state index is 2.45. The third kappa shape index (κ3) is 5.23. The third-order valence-corrected chi connectivity index (χ3v) is 13.1. The number of para-hydroxylation sites is 4. The lowest BCUT2D eigenvalue weighted by Crippen LogP contribution is -1.98. The van der Waals surface area contributed by atoms with Crippen molar-refractivity contribution in [2.45, 2.75) is 0 Å². The molecule has 0 N–H and O–H groups in total. The molecule has 0 saturated carbocycles.